The van der Waals surface area contributed by atoms with Crippen LogP contribution in [-0.2, 0) is 0 Å². The summed E-state index contributed by atoms with van der Waals surface area (Å²) in [4.78, 5) is 0. The summed E-state index contributed by atoms with van der Waals surface area (Å²) in [5, 5.41) is 17.7. The molecular formula is C7H10O2. The third kappa shape index (κ3) is 1.40. The van der Waals surface area contributed by atoms with Crippen LogP contribution in [0.2, 0.25) is 0 Å². The Balaban J connectivity index is 2.55. The summed E-state index contributed by atoms with van der Waals surface area (Å²) in [7, 11) is 0. The number of aliphatic hydroxyl groups is 2. The van der Waals surface area contributed by atoms with Crippen molar-refractivity contribution in [3.05, 3.63) is 24.3 Å². The van der Waals surface area contributed by atoms with Gasteiger partial charge in [0.25, 0.3) is 0 Å². The van der Waals surface area contributed by atoms with Crippen LogP contribution in [0.15, 0.2) is 24.3 Å². The van der Waals surface area contributed by atoms with E-state index >= 15 is 0 Å². The molecule has 0 spiro atoms. The number of hydrogen-bond acceptors (Lipinski definition) is 2. The Bertz CT molecular complexity index is 138. The molecule has 0 saturated carbocycles. The Kier molecular flexibility index (Phi) is 2.03. The Morgan fingerprint density at radius 3 is 2.33 bits per heavy atom. The number of aliphatic hydroxyl groups excluding tert-OH is 2. The maximum atomic E-state index is 9.07. The van der Waals surface area contributed by atoms with Gasteiger partial charge in [-0.05, 0) is 0 Å². The van der Waals surface area contributed by atoms with Crippen LogP contribution >= 0.6 is 0 Å². The predicted molar refractivity (Wildman–Crippen MR) is 34.9 cm³/mol. The van der Waals surface area contributed by atoms with Gasteiger partial charge >= 0.3 is 0 Å². The van der Waals surface area contributed by atoms with Gasteiger partial charge in [-0.1, -0.05) is 24.3 Å². The second kappa shape index (κ2) is 2.80. The lowest BCUT2D eigenvalue weighted by molar-refractivity contribution is 0.125. The number of rotatable bonds is 1. The molecule has 0 aromatic rings. The van der Waals surface area contributed by atoms with Crippen LogP contribution < -0.4 is 0 Å². The molecule has 2 atom stereocenters. The molecule has 1 aliphatic rings. The molecule has 50 valence electrons. The molecule has 2 heteroatoms. The maximum Gasteiger partial charge on any atom is 0.0808 e. The molecule has 0 radical (unpaired) electrons. The van der Waals surface area contributed by atoms with Gasteiger partial charge < -0.3 is 10.2 Å². The van der Waals surface area contributed by atoms with Gasteiger partial charge in [-0.2, -0.15) is 0 Å². The van der Waals surface area contributed by atoms with Gasteiger partial charge in [0.15, 0.2) is 0 Å². The van der Waals surface area contributed by atoms with E-state index in [-0.39, 0.29) is 12.5 Å². The second-order valence-corrected chi connectivity index (χ2v) is 2.11. The fourth-order valence-electron chi connectivity index (χ4n) is 0.810. The molecular weight excluding hydrogens is 116 g/mol. The topological polar surface area (TPSA) is 40.5 Å². The van der Waals surface area contributed by atoms with E-state index in [1.807, 2.05) is 6.08 Å². The SMILES string of the molecule is OCC1C=CC=CC1O. The Hall–Kier alpha value is -0.600. The summed E-state index contributed by atoms with van der Waals surface area (Å²) in [5.74, 6) is -0.102. The molecule has 9 heavy (non-hydrogen) atoms. The molecule has 2 unspecified atom stereocenters. The molecule has 0 aromatic carbocycles. The van der Waals surface area contributed by atoms with E-state index in [1.54, 1.807) is 18.2 Å². The minimum Gasteiger partial charge on any atom is -0.396 e. The van der Waals surface area contributed by atoms with Gasteiger partial charge in [0.2, 0.25) is 0 Å². The molecule has 2 N–H and O–H groups in total. The first-order chi connectivity index (χ1) is 4.34. The first-order valence-electron chi connectivity index (χ1n) is 2.98. The quantitative estimate of drug-likeness (QED) is 0.522. The monoisotopic (exact) mass is 126 g/mol. The van der Waals surface area contributed by atoms with Crippen molar-refractivity contribution >= 4 is 0 Å². The summed E-state index contributed by atoms with van der Waals surface area (Å²) >= 11 is 0. The zero-order valence-electron chi connectivity index (χ0n) is 5.07. The highest BCUT2D eigenvalue weighted by Gasteiger charge is 2.13. The normalized spacial score (nSPS) is 33.1. The van der Waals surface area contributed by atoms with Gasteiger partial charge in [0.05, 0.1) is 12.7 Å². The van der Waals surface area contributed by atoms with E-state index in [1.165, 1.54) is 0 Å². The standard InChI is InChI=1S/C7H10O2/c8-5-6-3-1-2-4-7(6)9/h1-4,6-9H,5H2. The highest BCUT2D eigenvalue weighted by Crippen LogP contribution is 2.10. The molecule has 2 nitrogen and oxygen atoms in total. The van der Waals surface area contributed by atoms with Gasteiger partial charge in [-0.25, -0.2) is 0 Å². The molecule has 0 bridgehead atoms. The highest BCUT2D eigenvalue weighted by molar-refractivity contribution is 5.14. The number of hydrogen-bond donors (Lipinski definition) is 2. The molecule has 0 amide bonds. The third-order valence-corrected chi connectivity index (χ3v) is 1.43. The van der Waals surface area contributed by atoms with E-state index in [9.17, 15) is 0 Å². The average molecular weight is 126 g/mol. The van der Waals surface area contributed by atoms with Crippen molar-refractivity contribution in [1.82, 2.24) is 0 Å². The lowest BCUT2D eigenvalue weighted by Gasteiger charge is -2.15. The van der Waals surface area contributed by atoms with Gasteiger partial charge in [0.1, 0.15) is 0 Å². The zero-order chi connectivity index (χ0) is 6.69. The van der Waals surface area contributed by atoms with Crippen LogP contribution in [0.5, 0.6) is 0 Å². The summed E-state index contributed by atoms with van der Waals surface area (Å²) in [5.41, 5.74) is 0. The van der Waals surface area contributed by atoms with Crippen LogP contribution in [0, 0.1) is 5.92 Å². The molecule has 1 rings (SSSR count). The van der Waals surface area contributed by atoms with E-state index in [0.29, 0.717) is 0 Å². The van der Waals surface area contributed by atoms with Crippen molar-refractivity contribution in [2.45, 2.75) is 6.10 Å². The molecule has 1 aliphatic carbocycles. The molecule has 0 saturated heterocycles. The lowest BCUT2D eigenvalue weighted by Crippen LogP contribution is -2.20. The van der Waals surface area contributed by atoms with Crippen molar-refractivity contribution in [3.63, 3.8) is 0 Å². The minimum atomic E-state index is -0.500. The second-order valence-electron chi connectivity index (χ2n) is 2.11. The number of allylic oxidation sites excluding steroid dienone is 2. The van der Waals surface area contributed by atoms with Crippen LogP contribution in [-0.4, -0.2) is 22.9 Å². The van der Waals surface area contributed by atoms with E-state index in [0.717, 1.165) is 0 Å². The summed E-state index contributed by atoms with van der Waals surface area (Å²) in [6.07, 6.45) is 6.57. The highest BCUT2D eigenvalue weighted by atomic mass is 16.3. The molecule has 0 aliphatic heterocycles. The van der Waals surface area contributed by atoms with E-state index in [2.05, 4.69) is 0 Å². The fraction of sp³-hybridized carbons (Fsp3) is 0.429. The van der Waals surface area contributed by atoms with E-state index in [4.69, 9.17) is 10.2 Å². The van der Waals surface area contributed by atoms with Crippen LogP contribution in [0.3, 0.4) is 0 Å². The Morgan fingerprint density at radius 2 is 1.89 bits per heavy atom. The summed E-state index contributed by atoms with van der Waals surface area (Å²) in [6.45, 7) is 0.0159. The Morgan fingerprint density at radius 1 is 1.22 bits per heavy atom. The largest absolute Gasteiger partial charge is 0.396 e. The molecule has 0 aromatic heterocycles. The van der Waals surface area contributed by atoms with Crippen molar-refractivity contribution in [3.8, 4) is 0 Å². The van der Waals surface area contributed by atoms with Crippen molar-refractivity contribution in [2.24, 2.45) is 5.92 Å². The lowest BCUT2D eigenvalue weighted by atomic mass is 9.99. The minimum absolute atomic E-state index is 0.0159. The van der Waals surface area contributed by atoms with Crippen molar-refractivity contribution < 1.29 is 10.2 Å². The average Bonchev–Trinajstić information content (AvgIpc) is 1.89. The van der Waals surface area contributed by atoms with Gasteiger partial charge in [0, 0.05) is 5.92 Å². The first kappa shape index (κ1) is 6.52. The van der Waals surface area contributed by atoms with Crippen LogP contribution in [0.25, 0.3) is 0 Å². The molecule has 0 fully saturated rings. The summed E-state index contributed by atoms with van der Waals surface area (Å²) < 4.78 is 0. The predicted octanol–water partition coefficient (Wildman–Crippen LogP) is 0.0818. The summed E-state index contributed by atoms with van der Waals surface area (Å²) in [6, 6.07) is 0. The Labute approximate surface area is 54.1 Å². The van der Waals surface area contributed by atoms with E-state index < -0.39 is 6.10 Å². The smallest absolute Gasteiger partial charge is 0.0808 e. The first-order valence-corrected chi connectivity index (χ1v) is 2.98. The maximum absolute atomic E-state index is 9.07. The van der Waals surface area contributed by atoms with Gasteiger partial charge in [-0.15, -0.1) is 0 Å². The van der Waals surface area contributed by atoms with Gasteiger partial charge in [-0.3, -0.25) is 0 Å². The van der Waals surface area contributed by atoms with Crippen LogP contribution in [0.1, 0.15) is 0 Å². The van der Waals surface area contributed by atoms with Crippen molar-refractivity contribution in [1.29, 1.82) is 0 Å². The zero-order valence-corrected chi connectivity index (χ0v) is 5.07. The third-order valence-electron chi connectivity index (χ3n) is 1.43. The van der Waals surface area contributed by atoms with Crippen molar-refractivity contribution in [2.75, 3.05) is 6.61 Å². The van der Waals surface area contributed by atoms with Crippen LogP contribution in [0.4, 0.5) is 0 Å². The fourth-order valence-corrected chi connectivity index (χ4v) is 0.810. The molecule has 0 heterocycles.